The normalized spacial score (nSPS) is 11.6. The summed E-state index contributed by atoms with van der Waals surface area (Å²) in [7, 11) is 0. The number of carbonyl (C=O) groups excluding carboxylic acids is 1. The van der Waals surface area contributed by atoms with E-state index >= 15 is 0 Å². The first kappa shape index (κ1) is 12.9. The van der Waals surface area contributed by atoms with Crippen LogP contribution in [0.3, 0.4) is 0 Å². The van der Waals surface area contributed by atoms with Crippen LogP contribution in [-0.4, -0.2) is 16.5 Å². The van der Waals surface area contributed by atoms with E-state index < -0.39 is 5.60 Å². The second-order valence-corrected chi connectivity index (χ2v) is 4.39. The topological polar surface area (TPSA) is 37.3 Å². The van der Waals surface area contributed by atoms with Crippen LogP contribution in [0, 0.1) is 13.8 Å². The van der Waals surface area contributed by atoms with Crippen molar-refractivity contribution in [3.63, 3.8) is 0 Å². The second-order valence-electron chi connectivity index (χ2n) is 4.39. The van der Waals surface area contributed by atoms with Crippen LogP contribution in [0.15, 0.2) is 18.2 Å². The Labute approximate surface area is 97.3 Å². The highest BCUT2D eigenvalue weighted by Crippen LogP contribution is 2.23. The molecule has 2 nitrogen and oxygen atoms in total. The zero-order valence-corrected chi connectivity index (χ0v) is 10.5. The van der Waals surface area contributed by atoms with Gasteiger partial charge in [-0.05, 0) is 38.3 Å². The molecule has 0 heterocycles. The summed E-state index contributed by atoms with van der Waals surface area (Å²) >= 11 is 0. The Morgan fingerprint density at radius 1 is 1.25 bits per heavy atom. The zero-order chi connectivity index (χ0) is 12.3. The number of Topliss-reactive ketones (excluding diaryl/α,β-unsaturated/α-hetero) is 1. The minimum absolute atomic E-state index is 0.154. The standard InChI is InChI=1S/C14H20O2/c1-5-14(16,6-2)13(15)12-9-10(3)7-8-11(12)4/h7-9,16H,5-6H2,1-4H3. The molecule has 0 amide bonds. The molecule has 0 radical (unpaired) electrons. The first-order valence-electron chi connectivity index (χ1n) is 5.79. The van der Waals surface area contributed by atoms with Crippen LogP contribution in [0.1, 0.15) is 48.2 Å². The first-order valence-corrected chi connectivity index (χ1v) is 5.79. The molecule has 0 saturated heterocycles. The largest absolute Gasteiger partial charge is 0.382 e. The lowest BCUT2D eigenvalue weighted by molar-refractivity contribution is 0.0277. The Morgan fingerprint density at radius 3 is 2.31 bits per heavy atom. The summed E-state index contributed by atoms with van der Waals surface area (Å²) in [6.45, 7) is 7.53. The molecule has 0 aliphatic rings. The van der Waals surface area contributed by atoms with E-state index in [1.54, 1.807) is 0 Å². The minimum Gasteiger partial charge on any atom is -0.382 e. The third-order valence-corrected chi connectivity index (χ3v) is 3.23. The molecule has 0 aliphatic carbocycles. The average Bonchev–Trinajstić information content (AvgIpc) is 2.30. The van der Waals surface area contributed by atoms with Crippen molar-refractivity contribution in [1.29, 1.82) is 0 Å². The van der Waals surface area contributed by atoms with Crippen LogP contribution in [-0.2, 0) is 0 Å². The molecule has 0 spiro atoms. The third kappa shape index (κ3) is 2.33. The molecule has 16 heavy (non-hydrogen) atoms. The van der Waals surface area contributed by atoms with Crippen LogP contribution in [0.2, 0.25) is 0 Å². The summed E-state index contributed by atoms with van der Waals surface area (Å²) in [5.74, 6) is -0.154. The molecule has 88 valence electrons. The summed E-state index contributed by atoms with van der Waals surface area (Å²) in [4.78, 5) is 12.3. The van der Waals surface area contributed by atoms with E-state index in [-0.39, 0.29) is 5.78 Å². The predicted molar refractivity (Wildman–Crippen MR) is 65.8 cm³/mol. The molecule has 0 unspecified atom stereocenters. The van der Waals surface area contributed by atoms with Gasteiger partial charge < -0.3 is 5.11 Å². The maximum absolute atomic E-state index is 12.3. The first-order chi connectivity index (χ1) is 7.44. The highest BCUT2D eigenvalue weighted by molar-refractivity contribution is 6.03. The molecule has 0 bridgehead atoms. The Hall–Kier alpha value is -1.15. The quantitative estimate of drug-likeness (QED) is 0.792. The number of ketones is 1. The maximum Gasteiger partial charge on any atom is 0.194 e. The van der Waals surface area contributed by atoms with Gasteiger partial charge in [-0.3, -0.25) is 4.79 Å². The molecule has 0 saturated carbocycles. The molecular formula is C14H20O2. The molecule has 1 N–H and O–H groups in total. The van der Waals surface area contributed by atoms with Gasteiger partial charge in [0.1, 0.15) is 5.60 Å². The second kappa shape index (κ2) is 4.79. The fourth-order valence-electron chi connectivity index (χ4n) is 1.80. The summed E-state index contributed by atoms with van der Waals surface area (Å²) in [6.07, 6.45) is 0.908. The lowest BCUT2D eigenvalue weighted by Crippen LogP contribution is -2.37. The van der Waals surface area contributed by atoms with Gasteiger partial charge in [0.15, 0.2) is 5.78 Å². The molecule has 2 heteroatoms. The van der Waals surface area contributed by atoms with Gasteiger partial charge in [-0.1, -0.05) is 31.5 Å². The summed E-state index contributed by atoms with van der Waals surface area (Å²) in [5, 5.41) is 10.2. The van der Waals surface area contributed by atoms with E-state index in [2.05, 4.69) is 0 Å². The van der Waals surface area contributed by atoms with Crippen molar-refractivity contribution < 1.29 is 9.90 Å². The number of hydrogen-bond acceptors (Lipinski definition) is 2. The van der Waals surface area contributed by atoms with Crippen LogP contribution in [0.4, 0.5) is 0 Å². The summed E-state index contributed by atoms with van der Waals surface area (Å²) < 4.78 is 0. The lowest BCUT2D eigenvalue weighted by Gasteiger charge is -2.24. The van der Waals surface area contributed by atoms with Gasteiger partial charge in [-0.2, -0.15) is 0 Å². The van der Waals surface area contributed by atoms with Crippen molar-refractivity contribution >= 4 is 5.78 Å². The number of carbonyl (C=O) groups is 1. The Kier molecular flexibility index (Phi) is 3.87. The number of rotatable bonds is 4. The van der Waals surface area contributed by atoms with E-state index in [1.165, 1.54) is 0 Å². The molecule has 0 aromatic heterocycles. The van der Waals surface area contributed by atoms with Crippen LogP contribution in [0.5, 0.6) is 0 Å². The Balaban J connectivity index is 3.18. The molecule has 0 aliphatic heterocycles. The Morgan fingerprint density at radius 2 is 1.81 bits per heavy atom. The fourth-order valence-corrected chi connectivity index (χ4v) is 1.80. The monoisotopic (exact) mass is 220 g/mol. The molecule has 1 aromatic carbocycles. The maximum atomic E-state index is 12.3. The third-order valence-electron chi connectivity index (χ3n) is 3.23. The number of aliphatic hydroxyl groups is 1. The van der Waals surface area contributed by atoms with Gasteiger partial charge in [0.25, 0.3) is 0 Å². The van der Waals surface area contributed by atoms with Crippen molar-refractivity contribution in [2.75, 3.05) is 0 Å². The SMILES string of the molecule is CCC(O)(CC)C(=O)c1cc(C)ccc1C. The predicted octanol–water partition coefficient (Wildman–Crippen LogP) is 3.04. The van der Waals surface area contributed by atoms with Gasteiger partial charge in [0, 0.05) is 5.56 Å². The number of aryl methyl sites for hydroxylation is 2. The van der Waals surface area contributed by atoms with E-state index in [4.69, 9.17) is 0 Å². The smallest absolute Gasteiger partial charge is 0.194 e. The lowest BCUT2D eigenvalue weighted by atomic mass is 9.86. The molecule has 0 atom stereocenters. The molecule has 1 aromatic rings. The van der Waals surface area contributed by atoms with Crippen molar-refractivity contribution in [3.8, 4) is 0 Å². The van der Waals surface area contributed by atoms with Gasteiger partial charge in [-0.15, -0.1) is 0 Å². The minimum atomic E-state index is -1.21. The highest BCUT2D eigenvalue weighted by Gasteiger charge is 2.33. The number of hydrogen-bond donors (Lipinski definition) is 1. The van der Waals surface area contributed by atoms with E-state index in [1.807, 2.05) is 45.9 Å². The fraction of sp³-hybridized carbons (Fsp3) is 0.500. The zero-order valence-electron chi connectivity index (χ0n) is 10.5. The Bertz CT molecular complexity index is 390. The van der Waals surface area contributed by atoms with Crippen molar-refractivity contribution in [3.05, 3.63) is 34.9 Å². The highest BCUT2D eigenvalue weighted by atomic mass is 16.3. The van der Waals surface area contributed by atoms with Gasteiger partial charge in [-0.25, -0.2) is 0 Å². The van der Waals surface area contributed by atoms with Crippen LogP contribution in [0.25, 0.3) is 0 Å². The van der Waals surface area contributed by atoms with Crippen LogP contribution < -0.4 is 0 Å². The van der Waals surface area contributed by atoms with Gasteiger partial charge in [0.05, 0.1) is 0 Å². The average molecular weight is 220 g/mol. The van der Waals surface area contributed by atoms with E-state index in [0.29, 0.717) is 18.4 Å². The van der Waals surface area contributed by atoms with E-state index in [0.717, 1.165) is 11.1 Å². The molecule has 0 fully saturated rings. The summed E-state index contributed by atoms with van der Waals surface area (Å²) in [6, 6.07) is 5.76. The van der Waals surface area contributed by atoms with Crippen molar-refractivity contribution in [2.24, 2.45) is 0 Å². The molecular weight excluding hydrogens is 200 g/mol. The van der Waals surface area contributed by atoms with Gasteiger partial charge >= 0.3 is 0 Å². The van der Waals surface area contributed by atoms with Crippen LogP contribution >= 0.6 is 0 Å². The van der Waals surface area contributed by atoms with Crippen molar-refractivity contribution in [1.82, 2.24) is 0 Å². The van der Waals surface area contributed by atoms with Gasteiger partial charge in [0.2, 0.25) is 0 Å². The van der Waals surface area contributed by atoms with E-state index in [9.17, 15) is 9.90 Å². The van der Waals surface area contributed by atoms with Crippen molar-refractivity contribution in [2.45, 2.75) is 46.1 Å². The number of benzene rings is 1. The molecule has 1 rings (SSSR count). The summed E-state index contributed by atoms with van der Waals surface area (Å²) in [5.41, 5.74) is 1.41.